The first-order valence-corrected chi connectivity index (χ1v) is 11.7. The highest BCUT2D eigenvalue weighted by atomic mass is 79.9. The molecule has 0 spiro atoms. The molecule has 0 atom stereocenters. The minimum absolute atomic E-state index is 0.00260. The summed E-state index contributed by atoms with van der Waals surface area (Å²) in [7, 11) is -3.98. The molecule has 4 rings (SSSR count). The van der Waals surface area contributed by atoms with Gasteiger partial charge in [0.05, 0.1) is 4.90 Å². The molecule has 1 heterocycles. The van der Waals surface area contributed by atoms with E-state index in [2.05, 4.69) is 26.2 Å². The Morgan fingerprint density at radius 1 is 0.968 bits per heavy atom. The van der Waals surface area contributed by atoms with Gasteiger partial charge in [0.2, 0.25) is 26.6 Å². The lowest BCUT2D eigenvalue weighted by Crippen LogP contribution is -2.07. The first-order chi connectivity index (χ1) is 14.8. The molecule has 0 saturated carbocycles. The average molecular weight is 522 g/mol. The van der Waals surface area contributed by atoms with Crippen molar-refractivity contribution in [2.45, 2.75) is 16.5 Å². The van der Waals surface area contributed by atoms with Crippen LogP contribution in [0.2, 0.25) is 5.02 Å². The Kier molecular flexibility index (Phi) is 6.13. The summed E-state index contributed by atoms with van der Waals surface area (Å²) < 4.78 is 46.3. The molecule has 1 aromatic heterocycles. The van der Waals surface area contributed by atoms with Crippen molar-refractivity contribution < 1.29 is 17.2 Å². The quantitative estimate of drug-likeness (QED) is 0.320. The Morgan fingerprint density at radius 2 is 1.61 bits per heavy atom. The fraction of sp³-hybridized carbons (Fsp3) is 0.0455. The molecule has 0 aliphatic heterocycles. The molecule has 9 heteroatoms. The lowest BCUT2D eigenvalue weighted by molar-refractivity contribution is 0.576. The molecule has 4 aromatic rings. The van der Waals surface area contributed by atoms with E-state index in [1.807, 2.05) is 12.1 Å². The number of hydrogen-bond acceptors (Lipinski definition) is 5. The summed E-state index contributed by atoms with van der Waals surface area (Å²) >= 11 is 9.21. The van der Waals surface area contributed by atoms with Crippen LogP contribution >= 0.6 is 27.5 Å². The van der Waals surface area contributed by atoms with Crippen LogP contribution in [0.1, 0.15) is 5.56 Å². The van der Waals surface area contributed by atoms with Crippen LogP contribution in [0.4, 0.5) is 10.3 Å². The third-order valence-electron chi connectivity index (χ3n) is 4.43. The number of sulfone groups is 1. The van der Waals surface area contributed by atoms with Gasteiger partial charge in [-0.3, -0.25) is 0 Å². The van der Waals surface area contributed by atoms with E-state index in [9.17, 15) is 12.8 Å². The SMILES string of the molecule is O=S(=O)(c1ccc(Br)cc1)c1nc(-c2ccc(F)cc2)oc1NCc1ccc(Cl)cc1. The number of aromatic nitrogens is 1. The Labute approximate surface area is 191 Å². The zero-order chi connectivity index (χ0) is 22.0. The van der Waals surface area contributed by atoms with Gasteiger partial charge in [0.25, 0.3) is 0 Å². The van der Waals surface area contributed by atoms with Crippen molar-refractivity contribution in [3.8, 4) is 11.5 Å². The molecule has 0 saturated heterocycles. The van der Waals surface area contributed by atoms with Gasteiger partial charge in [0.15, 0.2) is 0 Å². The highest BCUT2D eigenvalue weighted by Crippen LogP contribution is 2.33. The zero-order valence-corrected chi connectivity index (χ0v) is 19.0. The summed E-state index contributed by atoms with van der Waals surface area (Å²) in [4.78, 5) is 4.31. The predicted octanol–water partition coefficient (Wildman–Crippen LogP) is 6.34. The summed E-state index contributed by atoms with van der Waals surface area (Å²) in [5, 5.41) is 3.35. The van der Waals surface area contributed by atoms with Crippen molar-refractivity contribution in [3.63, 3.8) is 0 Å². The van der Waals surface area contributed by atoms with Crippen LogP contribution in [-0.4, -0.2) is 13.4 Å². The highest BCUT2D eigenvalue weighted by Gasteiger charge is 2.28. The fourth-order valence-corrected chi connectivity index (χ4v) is 4.49. The lowest BCUT2D eigenvalue weighted by Gasteiger charge is -2.06. The molecule has 0 radical (unpaired) electrons. The fourth-order valence-electron chi connectivity index (χ4n) is 2.83. The van der Waals surface area contributed by atoms with Gasteiger partial charge in [0.1, 0.15) is 5.82 Å². The monoisotopic (exact) mass is 520 g/mol. The summed E-state index contributed by atoms with van der Waals surface area (Å²) in [5.41, 5.74) is 1.32. The largest absolute Gasteiger partial charge is 0.419 e. The Morgan fingerprint density at radius 3 is 2.26 bits per heavy atom. The summed E-state index contributed by atoms with van der Waals surface area (Å²) in [6, 6.07) is 18.8. The van der Waals surface area contributed by atoms with Crippen LogP contribution in [0.25, 0.3) is 11.5 Å². The Balaban J connectivity index is 1.74. The molecule has 1 N–H and O–H groups in total. The van der Waals surface area contributed by atoms with Gasteiger partial charge in [-0.25, -0.2) is 12.8 Å². The maximum absolute atomic E-state index is 13.3. The first kappa shape index (κ1) is 21.5. The zero-order valence-electron chi connectivity index (χ0n) is 15.8. The molecular weight excluding hydrogens is 507 g/mol. The number of nitrogens with one attached hydrogen (secondary N) is 1. The molecule has 3 aromatic carbocycles. The minimum atomic E-state index is -3.98. The molecule has 158 valence electrons. The van der Waals surface area contributed by atoms with E-state index in [4.69, 9.17) is 16.0 Å². The second-order valence-corrected chi connectivity index (χ2v) is 9.81. The van der Waals surface area contributed by atoms with Crippen LogP contribution in [0.3, 0.4) is 0 Å². The number of nitrogens with zero attached hydrogens (tertiary/aromatic N) is 1. The average Bonchev–Trinajstić information content (AvgIpc) is 3.19. The number of anilines is 1. The van der Waals surface area contributed by atoms with E-state index in [1.54, 1.807) is 24.3 Å². The van der Waals surface area contributed by atoms with Crippen molar-refractivity contribution in [2.24, 2.45) is 0 Å². The van der Waals surface area contributed by atoms with Gasteiger partial charge in [-0.05, 0) is 66.2 Å². The van der Waals surface area contributed by atoms with Crippen LogP contribution in [-0.2, 0) is 16.4 Å². The molecular formula is C22H15BrClFN2O3S. The van der Waals surface area contributed by atoms with Crippen LogP contribution in [0.15, 0.2) is 91.6 Å². The molecule has 0 aliphatic rings. The summed E-state index contributed by atoms with van der Waals surface area (Å²) in [5.74, 6) is -0.356. The third-order valence-corrected chi connectivity index (χ3v) is 6.89. The topological polar surface area (TPSA) is 72.2 Å². The van der Waals surface area contributed by atoms with Crippen LogP contribution in [0, 0.1) is 5.82 Å². The van der Waals surface area contributed by atoms with E-state index in [-0.39, 0.29) is 28.2 Å². The molecule has 5 nitrogen and oxygen atoms in total. The van der Waals surface area contributed by atoms with Gasteiger partial charge in [-0.1, -0.05) is 39.7 Å². The number of rotatable bonds is 6. The van der Waals surface area contributed by atoms with Crippen molar-refractivity contribution >= 4 is 43.3 Å². The summed E-state index contributed by atoms with van der Waals surface area (Å²) in [6.07, 6.45) is 0. The van der Waals surface area contributed by atoms with Crippen molar-refractivity contribution in [2.75, 3.05) is 5.32 Å². The van der Waals surface area contributed by atoms with E-state index in [0.29, 0.717) is 10.6 Å². The molecule has 0 unspecified atom stereocenters. The van der Waals surface area contributed by atoms with Gasteiger partial charge in [-0.2, -0.15) is 4.98 Å². The smallest absolute Gasteiger partial charge is 0.234 e. The second kappa shape index (κ2) is 8.82. The number of hydrogen-bond donors (Lipinski definition) is 1. The first-order valence-electron chi connectivity index (χ1n) is 9.09. The normalized spacial score (nSPS) is 11.5. The molecule has 0 aliphatic carbocycles. The third kappa shape index (κ3) is 4.81. The lowest BCUT2D eigenvalue weighted by atomic mass is 10.2. The maximum atomic E-state index is 13.3. The van der Waals surface area contributed by atoms with Gasteiger partial charge >= 0.3 is 0 Å². The van der Waals surface area contributed by atoms with E-state index in [1.165, 1.54) is 36.4 Å². The summed E-state index contributed by atoms with van der Waals surface area (Å²) in [6.45, 7) is 0.290. The number of oxazole rings is 1. The van der Waals surface area contributed by atoms with Crippen LogP contribution in [0.5, 0.6) is 0 Å². The van der Waals surface area contributed by atoms with Gasteiger partial charge in [-0.15, -0.1) is 0 Å². The van der Waals surface area contributed by atoms with Crippen molar-refractivity contribution in [3.05, 3.63) is 93.7 Å². The predicted molar refractivity (Wildman–Crippen MR) is 120 cm³/mol. The van der Waals surface area contributed by atoms with Gasteiger partial charge in [0, 0.05) is 21.6 Å². The number of benzene rings is 3. The molecule has 31 heavy (non-hydrogen) atoms. The standard InChI is InChI=1S/C22H15BrClFN2O3S/c23-16-5-11-19(12-6-16)31(28,29)22-21(26-13-14-1-7-17(24)8-2-14)30-20(27-22)15-3-9-18(25)10-4-15/h1-12,26H,13H2. The molecule has 0 bridgehead atoms. The highest BCUT2D eigenvalue weighted by molar-refractivity contribution is 9.10. The maximum Gasteiger partial charge on any atom is 0.234 e. The van der Waals surface area contributed by atoms with E-state index in [0.717, 1.165) is 10.0 Å². The Bertz CT molecular complexity index is 1310. The minimum Gasteiger partial charge on any atom is -0.419 e. The Hall–Kier alpha value is -2.68. The van der Waals surface area contributed by atoms with E-state index < -0.39 is 15.7 Å². The van der Waals surface area contributed by atoms with E-state index >= 15 is 0 Å². The molecule has 0 fully saturated rings. The molecule has 0 amide bonds. The second-order valence-electron chi connectivity index (χ2n) is 6.60. The van der Waals surface area contributed by atoms with Crippen molar-refractivity contribution in [1.82, 2.24) is 4.98 Å². The van der Waals surface area contributed by atoms with Gasteiger partial charge < -0.3 is 9.73 Å². The van der Waals surface area contributed by atoms with Crippen molar-refractivity contribution in [1.29, 1.82) is 0 Å². The van der Waals surface area contributed by atoms with Crippen LogP contribution < -0.4 is 5.32 Å². The number of halogens is 3.